The van der Waals surface area contributed by atoms with E-state index >= 15 is 0 Å². The Kier molecular flexibility index (Phi) is 6.19. The summed E-state index contributed by atoms with van der Waals surface area (Å²) in [4.78, 5) is 39.2. The molecule has 1 unspecified atom stereocenters. The number of ketones is 1. The van der Waals surface area contributed by atoms with Gasteiger partial charge in [-0.1, -0.05) is 47.1 Å². The van der Waals surface area contributed by atoms with Crippen LogP contribution in [0.25, 0.3) is 0 Å². The zero-order valence-corrected chi connectivity index (χ0v) is 25.3. The van der Waals surface area contributed by atoms with E-state index in [1.54, 1.807) is 0 Å². The summed E-state index contributed by atoms with van der Waals surface area (Å²) in [5, 5.41) is 0. The lowest BCUT2D eigenvalue weighted by Gasteiger charge is -2.70. The number of ether oxygens (including phenoxy) is 2. The van der Waals surface area contributed by atoms with Gasteiger partial charge in [0.1, 0.15) is 6.10 Å². The van der Waals surface area contributed by atoms with Gasteiger partial charge in [0.15, 0.2) is 5.78 Å². The van der Waals surface area contributed by atoms with Gasteiger partial charge in [-0.05, 0) is 104 Å². The molecule has 0 heterocycles. The lowest BCUT2D eigenvalue weighted by atomic mass is 9.33. The van der Waals surface area contributed by atoms with Gasteiger partial charge in [-0.15, -0.1) is 0 Å². The SMILES string of the molecule is COC(=O)[C@@]1(C)CC[C@]2(C)CC[C@]3(C)C(=CC(=O)[C@@H]4[C@@]5(C)CC[C@H](OC(C)=O)C(C)(C)C5CC[C@]43C)[C@H]2C1. The van der Waals surface area contributed by atoms with Crippen molar-refractivity contribution in [3.05, 3.63) is 11.6 Å². The molecule has 0 spiro atoms. The molecule has 0 aromatic heterocycles. The van der Waals surface area contributed by atoms with Crippen molar-refractivity contribution in [1.82, 2.24) is 0 Å². The van der Waals surface area contributed by atoms with E-state index in [1.807, 2.05) is 0 Å². The Bertz CT molecular complexity index is 1090. The van der Waals surface area contributed by atoms with Gasteiger partial charge in [0.05, 0.1) is 12.5 Å². The minimum Gasteiger partial charge on any atom is -0.469 e. The van der Waals surface area contributed by atoms with Crippen LogP contribution in [0.3, 0.4) is 0 Å². The normalized spacial score (nSPS) is 49.4. The highest BCUT2D eigenvalue weighted by Crippen LogP contribution is 2.75. The Morgan fingerprint density at radius 2 is 1.55 bits per heavy atom. The van der Waals surface area contributed by atoms with Crippen molar-refractivity contribution in [1.29, 1.82) is 0 Å². The van der Waals surface area contributed by atoms with Gasteiger partial charge in [-0.3, -0.25) is 14.4 Å². The molecule has 0 aromatic rings. The number of carbonyl (C=O) groups excluding carboxylic acids is 3. The Morgan fingerprint density at radius 1 is 0.895 bits per heavy atom. The predicted molar refractivity (Wildman–Crippen MR) is 147 cm³/mol. The molecule has 0 aliphatic heterocycles. The van der Waals surface area contributed by atoms with Crippen LogP contribution in [-0.4, -0.2) is 30.9 Å². The average molecular weight is 527 g/mol. The van der Waals surface area contributed by atoms with Gasteiger partial charge in [-0.25, -0.2) is 0 Å². The fraction of sp³-hybridized carbons (Fsp3) is 0.848. The molecule has 5 aliphatic carbocycles. The smallest absolute Gasteiger partial charge is 0.311 e. The van der Waals surface area contributed by atoms with Crippen LogP contribution < -0.4 is 0 Å². The van der Waals surface area contributed by atoms with E-state index in [0.717, 1.165) is 57.8 Å². The molecule has 5 nitrogen and oxygen atoms in total. The Balaban J connectivity index is 1.57. The first-order chi connectivity index (χ1) is 17.5. The standard InChI is InChI=1S/C33H50O5/c1-20(34)38-25-11-12-31(6)24(28(25,2)3)10-13-33(8)26(31)23(35)18-21-22-19-30(5,27(36)37-9)15-14-29(22,4)16-17-32(21,33)7/h18,22,24-26H,10-17,19H2,1-9H3/t22-,24?,25+,26-,29-,30+,31+,32-,33-/m1/s1. The van der Waals surface area contributed by atoms with Crippen LogP contribution in [-0.2, 0) is 23.9 Å². The number of hydrogen-bond acceptors (Lipinski definition) is 5. The van der Waals surface area contributed by atoms with E-state index in [0.29, 0.717) is 11.7 Å². The summed E-state index contributed by atoms with van der Waals surface area (Å²) >= 11 is 0. The second-order valence-electron chi connectivity index (χ2n) is 15.7. The van der Waals surface area contributed by atoms with Crippen LogP contribution in [0.5, 0.6) is 0 Å². The van der Waals surface area contributed by atoms with Gasteiger partial charge < -0.3 is 9.47 Å². The molecule has 4 saturated carbocycles. The maximum atomic E-state index is 14.4. The lowest BCUT2D eigenvalue weighted by Crippen LogP contribution is -2.66. The maximum absolute atomic E-state index is 14.4. The Morgan fingerprint density at radius 3 is 2.18 bits per heavy atom. The van der Waals surface area contributed by atoms with Crippen molar-refractivity contribution >= 4 is 17.7 Å². The van der Waals surface area contributed by atoms with Crippen molar-refractivity contribution in [3.63, 3.8) is 0 Å². The Hall–Kier alpha value is -1.65. The first-order valence-electron chi connectivity index (χ1n) is 15.0. The maximum Gasteiger partial charge on any atom is 0.311 e. The molecule has 212 valence electrons. The first-order valence-corrected chi connectivity index (χ1v) is 15.0. The van der Waals surface area contributed by atoms with E-state index in [-0.39, 0.29) is 57.0 Å². The van der Waals surface area contributed by atoms with Crippen LogP contribution in [0.1, 0.15) is 113 Å². The van der Waals surface area contributed by atoms with Gasteiger partial charge in [0, 0.05) is 18.3 Å². The molecule has 0 radical (unpaired) electrons. The van der Waals surface area contributed by atoms with Crippen molar-refractivity contribution in [2.75, 3.05) is 7.11 Å². The van der Waals surface area contributed by atoms with Gasteiger partial charge in [-0.2, -0.15) is 0 Å². The highest BCUT2D eigenvalue weighted by Gasteiger charge is 2.70. The predicted octanol–water partition coefficient (Wildman–Crippen LogP) is 7.07. The molecule has 0 bridgehead atoms. The zero-order chi connectivity index (χ0) is 28.1. The summed E-state index contributed by atoms with van der Waals surface area (Å²) in [6.45, 7) is 17.7. The summed E-state index contributed by atoms with van der Waals surface area (Å²) in [5.41, 5.74) is 0.416. The minimum absolute atomic E-state index is 0.0417. The lowest BCUT2D eigenvalue weighted by molar-refractivity contribution is -0.210. The fourth-order valence-corrected chi connectivity index (χ4v) is 11.0. The monoisotopic (exact) mass is 526 g/mol. The molecular weight excluding hydrogens is 476 g/mol. The summed E-state index contributed by atoms with van der Waals surface area (Å²) < 4.78 is 11.1. The number of esters is 2. The molecule has 0 aromatic carbocycles. The van der Waals surface area contributed by atoms with E-state index < -0.39 is 5.41 Å². The zero-order valence-electron chi connectivity index (χ0n) is 25.3. The molecule has 38 heavy (non-hydrogen) atoms. The second kappa shape index (κ2) is 8.43. The van der Waals surface area contributed by atoms with E-state index in [2.05, 4.69) is 54.5 Å². The molecule has 4 fully saturated rings. The number of carbonyl (C=O) groups is 3. The number of hydrogen-bond donors (Lipinski definition) is 0. The Labute approximate surface area is 229 Å². The van der Waals surface area contributed by atoms with E-state index in [4.69, 9.17) is 9.47 Å². The number of allylic oxidation sites excluding steroid dienone is 2. The highest BCUT2D eigenvalue weighted by atomic mass is 16.5. The largest absolute Gasteiger partial charge is 0.469 e. The number of rotatable bonds is 2. The fourth-order valence-electron chi connectivity index (χ4n) is 11.0. The summed E-state index contributed by atoms with van der Waals surface area (Å²) in [6.07, 6.45) is 10.6. The van der Waals surface area contributed by atoms with Crippen LogP contribution in [0, 0.1) is 50.2 Å². The summed E-state index contributed by atoms with van der Waals surface area (Å²) in [6, 6.07) is 0. The van der Waals surface area contributed by atoms with Crippen molar-refractivity contribution in [3.8, 4) is 0 Å². The second-order valence-corrected chi connectivity index (χ2v) is 15.7. The number of methoxy groups -OCH3 is 1. The van der Waals surface area contributed by atoms with Crippen LogP contribution in [0.15, 0.2) is 11.6 Å². The molecule has 0 N–H and O–H groups in total. The molecule has 5 rings (SSSR count). The van der Waals surface area contributed by atoms with Crippen molar-refractivity contribution < 1.29 is 23.9 Å². The highest BCUT2D eigenvalue weighted by molar-refractivity contribution is 5.95. The van der Waals surface area contributed by atoms with Gasteiger partial charge >= 0.3 is 11.9 Å². The average Bonchev–Trinajstić information content (AvgIpc) is 2.82. The molecule has 0 amide bonds. The summed E-state index contributed by atoms with van der Waals surface area (Å²) in [7, 11) is 1.50. The van der Waals surface area contributed by atoms with E-state index in [1.165, 1.54) is 19.6 Å². The molecule has 9 atom stereocenters. The minimum atomic E-state index is -0.498. The van der Waals surface area contributed by atoms with Crippen LogP contribution >= 0.6 is 0 Å². The van der Waals surface area contributed by atoms with Gasteiger partial charge in [0.2, 0.25) is 0 Å². The van der Waals surface area contributed by atoms with Crippen molar-refractivity contribution in [2.45, 2.75) is 119 Å². The molecular formula is C33H50O5. The van der Waals surface area contributed by atoms with Crippen LogP contribution in [0.2, 0.25) is 0 Å². The third kappa shape index (κ3) is 3.51. The first kappa shape index (κ1) is 27.9. The van der Waals surface area contributed by atoms with E-state index in [9.17, 15) is 14.4 Å². The molecule has 0 saturated heterocycles. The molecule has 5 aliphatic rings. The topological polar surface area (TPSA) is 69.7 Å². The quantitative estimate of drug-likeness (QED) is 0.360. The molecule has 5 heteroatoms. The van der Waals surface area contributed by atoms with Crippen molar-refractivity contribution in [2.24, 2.45) is 50.2 Å². The summed E-state index contributed by atoms with van der Waals surface area (Å²) in [5.74, 6) is 0.474. The third-order valence-electron chi connectivity index (χ3n) is 13.5. The number of fused-ring (bicyclic) bond motifs is 7. The third-order valence-corrected chi connectivity index (χ3v) is 13.5. The van der Waals surface area contributed by atoms with Crippen LogP contribution in [0.4, 0.5) is 0 Å². The van der Waals surface area contributed by atoms with Gasteiger partial charge in [0.25, 0.3) is 0 Å².